The summed E-state index contributed by atoms with van der Waals surface area (Å²) in [5.41, 5.74) is 2.12. The topological polar surface area (TPSA) is 32.7 Å². The Kier molecular flexibility index (Phi) is 4.42. The summed E-state index contributed by atoms with van der Waals surface area (Å²) < 4.78 is 6.56. The van der Waals surface area contributed by atoms with Crippen LogP contribution in [0.25, 0.3) is 0 Å². The molecule has 2 rings (SSSR count). The van der Waals surface area contributed by atoms with Gasteiger partial charge in [0.25, 0.3) is 0 Å². The van der Waals surface area contributed by atoms with E-state index in [4.69, 9.17) is 9.84 Å². The maximum Gasteiger partial charge on any atom is 0.0682 e. The average Bonchev–Trinajstić information content (AvgIpc) is 2.38. The first-order chi connectivity index (χ1) is 8.26. The van der Waals surface area contributed by atoms with Crippen molar-refractivity contribution in [3.63, 3.8) is 0 Å². The van der Waals surface area contributed by atoms with E-state index in [1.165, 1.54) is 5.69 Å². The number of benzene rings is 1. The van der Waals surface area contributed by atoms with Gasteiger partial charge in [0.1, 0.15) is 0 Å². The number of rotatable bonds is 3. The first-order valence-electron chi connectivity index (χ1n) is 6.00. The van der Waals surface area contributed by atoms with Crippen LogP contribution in [0.3, 0.4) is 0 Å². The molecule has 0 radical (unpaired) electrons. The zero-order valence-corrected chi connectivity index (χ0v) is 11.6. The van der Waals surface area contributed by atoms with Crippen LogP contribution >= 0.6 is 15.9 Å². The van der Waals surface area contributed by atoms with E-state index in [0.717, 1.165) is 36.2 Å². The van der Waals surface area contributed by atoms with Gasteiger partial charge in [-0.3, -0.25) is 0 Å². The van der Waals surface area contributed by atoms with Crippen LogP contribution in [0.15, 0.2) is 22.7 Å². The van der Waals surface area contributed by atoms with Gasteiger partial charge in [-0.2, -0.15) is 0 Å². The van der Waals surface area contributed by atoms with E-state index >= 15 is 0 Å². The van der Waals surface area contributed by atoms with Gasteiger partial charge in [0.2, 0.25) is 0 Å². The third kappa shape index (κ3) is 2.81. The molecule has 0 saturated carbocycles. The van der Waals surface area contributed by atoms with E-state index in [1.807, 2.05) is 12.1 Å². The lowest BCUT2D eigenvalue weighted by molar-refractivity contribution is 0.0929. The number of aliphatic hydroxyl groups is 1. The number of nitrogens with zero attached hydrogens (tertiary/aromatic N) is 1. The summed E-state index contributed by atoms with van der Waals surface area (Å²) >= 11 is 3.59. The predicted octanol–water partition coefficient (Wildman–Crippen LogP) is 2.56. The van der Waals surface area contributed by atoms with E-state index in [0.29, 0.717) is 6.04 Å². The van der Waals surface area contributed by atoms with Gasteiger partial charge in [0.05, 0.1) is 31.5 Å². The highest BCUT2D eigenvalue weighted by Gasteiger charge is 2.23. The highest BCUT2D eigenvalue weighted by Crippen LogP contribution is 2.30. The molecule has 1 atom stereocenters. The fraction of sp³-hybridized carbons (Fsp3) is 0.538. The summed E-state index contributed by atoms with van der Waals surface area (Å²) in [6.07, 6.45) is 1.08. The van der Waals surface area contributed by atoms with Crippen molar-refractivity contribution in [1.29, 1.82) is 0 Å². The summed E-state index contributed by atoms with van der Waals surface area (Å²) in [6.45, 7) is 4.77. The largest absolute Gasteiger partial charge is 0.392 e. The first-order valence-corrected chi connectivity index (χ1v) is 6.79. The van der Waals surface area contributed by atoms with Gasteiger partial charge < -0.3 is 14.7 Å². The highest BCUT2D eigenvalue weighted by molar-refractivity contribution is 9.10. The second-order valence-corrected chi connectivity index (χ2v) is 5.13. The predicted molar refractivity (Wildman–Crippen MR) is 72.3 cm³/mol. The van der Waals surface area contributed by atoms with Crippen molar-refractivity contribution < 1.29 is 9.84 Å². The van der Waals surface area contributed by atoms with Gasteiger partial charge in [-0.25, -0.2) is 0 Å². The number of hydrogen-bond donors (Lipinski definition) is 1. The van der Waals surface area contributed by atoms with Gasteiger partial charge >= 0.3 is 0 Å². The fourth-order valence-corrected chi connectivity index (χ4v) is 2.85. The highest BCUT2D eigenvalue weighted by atomic mass is 79.9. The number of morpholine rings is 1. The molecule has 94 valence electrons. The quantitative estimate of drug-likeness (QED) is 0.931. The molecule has 0 aliphatic carbocycles. The molecular formula is C13H18BrNO2. The molecular weight excluding hydrogens is 282 g/mol. The second kappa shape index (κ2) is 5.85. The van der Waals surface area contributed by atoms with E-state index in [-0.39, 0.29) is 6.61 Å². The Balaban J connectivity index is 2.25. The Labute approximate surface area is 111 Å². The average molecular weight is 300 g/mol. The van der Waals surface area contributed by atoms with Crippen LogP contribution in [0, 0.1) is 0 Å². The standard InChI is InChI=1S/C13H18BrNO2/c1-2-11-9-17-6-5-15(11)13-4-3-10(8-16)7-12(13)14/h3-4,7,11,16H,2,5-6,8-9H2,1H3. The van der Waals surface area contributed by atoms with Crippen LogP contribution in [0.5, 0.6) is 0 Å². The summed E-state index contributed by atoms with van der Waals surface area (Å²) in [7, 11) is 0. The number of hydrogen-bond acceptors (Lipinski definition) is 3. The van der Waals surface area contributed by atoms with Crippen molar-refractivity contribution in [2.45, 2.75) is 26.0 Å². The lowest BCUT2D eigenvalue weighted by Gasteiger charge is -2.37. The lowest BCUT2D eigenvalue weighted by Crippen LogP contribution is -2.45. The van der Waals surface area contributed by atoms with Gasteiger partial charge in [-0.05, 0) is 40.0 Å². The van der Waals surface area contributed by atoms with Gasteiger partial charge in [0, 0.05) is 11.0 Å². The van der Waals surface area contributed by atoms with Gasteiger partial charge in [-0.15, -0.1) is 0 Å². The first kappa shape index (κ1) is 12.9. The number of anilines is 1. The van der Waals surface area contributed by atoms with Crippen LogP contribution < -0.4 is 4.90 Å². The molecule has 1 aliphatic rings. The second-order valence-electron chi connectivity index (χ2n) is 4.27. The molecule has 0 bridgehead atoms. The molecule has 0 aromatic heterocycles. The number of ether oxygens (including phenoxy) is 1. The molecule has 4 heteroatoms. The zero-order chi connectivity index (χ0) is 12.3. The third-order valence-corrected chi connectivity index (χ3v) is 3.84. The molecule has 1 aliphatic heterocycles. The van der Waals surface area contributed by atoms with Crippen molar-refractivity contribution in [3.05, 3.63) is 28.2 Å². The maximum absolute atomic E-state index is 9.11. The molecule has 0 spiro atoms. The van der Waals surface area contributed by atoms with E-state index < -0.39 is 0 Å². The SMILES string of the molecule is CCC1COCCN1c1ccc(CO)cc1Br. The smallest absolute Gasteiger partial charge is 0.0682 e. The molecule has 17 heavy (non-hydrogen) atoms. The molecule has 3 nitrogen and oxygen atoms in total. The number of aliphatic hydroxyl groups excluding tert-OH is 1. The van der Waals surface area contributed by atoms with Gasteiger partial charge in [-0.1, -0.05) is 13.0 Å². The van der Waals surface area contributed by atoms with Crippen molar-refractivity contribution in [2.24, 2.45) is 0 Å². The van der Waals surface area contributed by atoms with Crippen LogP contribution in [0.4, 0.5) is 5.69 Å². The summed E-state index contributed by atoms with van der Waals surface area (Å²) in [6, 6.07) is 6.48. The van der Waals surface area contributed by atoms with Crippen LogP contribution in [-0.2, 0) is 11.3 Å². The minimum atomic E-state index is 0.0825. The maximum atomic E-state index is 9.11. The Bertz CT molecular complexity index is 384. The molecule has 1 unspecified atom stereocenters. The zero-order valence-electron chi connectivity index (χ0n) is 10.0. The van der Waals surface area contributed by atoms with Crippen molar-refractivity contribution >= 4 is 21.6 Å². The van der Waals surface area contributed by atoms with Gasteiger partial charge in [0.15, 0.2) is 0 Å². The molecule has 1 saturated heterocycles. The monoisotopic (exact) mass is 299 g/mol. The Morgan fingerprint density at radius 2 is 2.35 bits per heavy atom. The Hall–Kier alpha value is -0.580. The van der Waals surface area contributed by atoms with Crippen molar-refractivity contribution in [1.82, 2.24) is 0 Å². The number of halogens is 1. The molecule has 1 N–H and O–H groups in total. The Morgan fingerprint density at radius 3 is 3.00 bits per heavy atom. The van der Waals surface area contributed by atoms with Crippen LogP contribution in [0.1, 0.15) is 18.9 Å². The van der Waals surface area contributed by atoms with Crippen molar-refractivity contribution in [3.8, 4) is 0 Å². The molecule has 1 heterocycles. The van der Waals surface area contributed by atoms with Crippen molar-refractivity contribution in [2.75, 3.05) is 24.7 Å². The third-order valence-electron chi connectivity index (χ3n) is 3.20. The molecule has 1 fully saturated rings. The minimum Gasteiger partial charge on any atom is -0.392 e. The molecule has 0 amide bonds. The van der Waals surface area contributed by atoms with Crippen LogP contribution in [-0.4, -0.2) is 30.9 Å². The van der Waals surface area contributed by atoms with E-state index in [1.54, 1.807) is 0 Å². The summed E-state index contributed by atoms with van der Waals surface area (Å²) in [5.74, 6) is 0. The Morgan fingerprint density at radius 1 is 1.53 bits per heavy atom. The molecule has 1 aromatic carbocycles. The fourth-order valence-electron chi connectivity index (χ4n) is 2.19. The molecule has 1 aromatic rings. The minimum absolute atomic E-state index is 0.0825. The van der Waals surface area contributed by atoms with Crippen LogP contribution in [0.2, 0.25) is 0 Å². The van der Waals surface area contributed by atoms with E-state index in [9.17, 15) is 0 Å². The normalized spacial score (nSPS) is 20.6. The summed E-state index contributed by atoms with van der Waals surface area (Å²) in [5, 5.41) is 9.11. The lowest BCUT2D eigenvalue weighted by atomic mass is 10.1. The van der Waals surface area contributed by atoms with E-state index in [2.05, 4.69) is 33.8 Å². The summed E-state index contributed by atoms with van der Waals surface area (Å²) in [4.78, 5) is 2.38.